The lowest BCUT2D eigenvalue weighted by atomic mass is 10.0. The van der Waals surface area contributed by atoms with Crippen molar-refractivity contribution in [3.05, 3.63) is 59.0 Å². The lowest BCUT2D eigenvalue weighted by Crippen LogP contribution is -2.15. The van der Waals surface area contributed by atoms with Gasteiger partial charge in [-0.3, -0.25) is 0 Å². The van der Waals surface area contributed by atoms with Crippen molar-refractivity contribution >= 4 is 33.0 Å². The minimum atomic E-state index is -0.183. The summed E-state index contributed by atoms with van der Waals surface area (Å²) in [5.74, 6) is 1.58. The highest BCUT2D eigenvalue weighted by Crippen LogP contribution is 2.40. The molecule has 0 saturated carbocycles. The molecule has 0 spiro atoms. The number of rotatable bonds is 2. The average Bonchev–Trinajstić information content (AvgIpc) is 2.98. The van der Waals surface area contributed by atoms with Gasteiger partial charge in [-0.05, 0) is 40.1 Å². The SMILES string of the molecule is ClC(c1ccc2c(c1)OCCO2)c1csc2ccccc12. The van der Waals surface area contributed by atoms with Crippen LogP contribution < -0.4 is 9.47 Å². The lowest BCUT2D eigenvalue weighted by Gasteiger charge is -2.20. The molecular weight excluding hydrogens is 304 g/mol. The summed E-state index contributed by atoms with van der Waals surface area (Å²) < 4.78 is 12.5. The van der Waals surface area contributed by atoms with E-state index in [1.165, 1.54) is 10.1 Å². The molecular formula is C17H13ClO2S. The molecule has 2 heterocycles. The zero-order valence-electron chi connectivity index (χ0n) is 11.2. The Morgan fingerprint density at radius 1 is 1.00 bits per heavy atom. The Kier molecular flexibility index (Phi) is 3.24. The second kappa shape index (κ2) is 5.24. The van der Waals surface area contributed by atoms with E-state index in [2.05, 4.69) is 23.6 Å². The van der Waals surface area contributed by atoms with Gasteiger partial charge in [0.15, 0.2) is 11.5 Å². The predicted octanol–water partition coefficient (Wildman–Crippen LogP) is 5.00. The molecule has 0 amide bonds. The summed E-state index contributed by atoms with van der Waals surface area (Å²) in [6.45, 7) is 1.19. The van der Waals surface area contributed by atoms with Crippen molar-refractivity contribution in [1.29, 1.82) is 0 Å². The number of hydrogen-bond acceptors (Lipinski definition) is 3. The minimum absolute atomic E-state index is 0.183. The number of alkyl halides is 1. The van der Waals surface area contributed by atoms with Crippen LogP contribution >= 0.6 is 22.9 Å². The first kappa shape index (κ1) is 13.0. The van der Waals surface area contributed by atoms with Gasteiger partial charge >= 0.3 is 0 Å². The number of benzene rings is 2. The van der Waals surface area contributed by atoms with E-state index >= 15 is 0 Å². The zero-order valence-corrected chi connectivity index (χ0v) is 12.8. The van der Waals surface area contributed by atoms with Gasteiger partial charge < -0.3 is 9.47 Å². The monoisotopic (exact) mass is 316 g/mol. The fourth-order valence-electron chi connectivity index (χ4n) is 2.59. The van der Waals surface area contributed by atoms with E-state index in [1.54, 1.807) is 11.3 Å². The van der Waals surface area contributed by atoms with Gasteiger partial charge in [0.25, 0.3) is 0 Å². The molecule has 21 heavy (non-hydrogen) atoms. The van der Waals surface area contributed by atoms with E-state index in [0.29, 0.717) is 13.2 Å². The van der Waals surface area contributed by atoms with Crippen LogP contribution in [0.2, 0.25) is 0 Å². The maximum atomic E-state index is 6.70. The first-order valence-corrected chi connectivity index (χ1v) is 8.14. The number of halogens is 1. The fraction of sp³-hybridized carbons (Fsp3) is 0.176. The Hall–Kier alpha value is -1.71. The highest BCUT2D eigenvalue weighted by atomic mass is 35.5. The van der Waals surface area contributed by atoms with Gasteiger partial charge in [0.05, 0.1) is 5.38 Å². The first-order chi connectivity index (χ1) is 10.3. The largest absolute Gasteiger partial charge is 0.486 e. The summed E-state index contributed by atoms with van der Waals surface area (Å²) >= 11 is 8.43. The zero-order chi connectivity index (χ0) is 14.2. The van der Waals surface area contributed by atoms with E-state index in [4.69, 9.17) is 21.1 Å². The van der Waals surface area contributed by atoms with Crippen LogP contribution in [0.4, 0.5) is 0 Å². The Morgan fingerprint density at radius 2 is 1.81 bits per heavy atom. The van der Waals surface area contributed by atoms with Crippen LogP contribution in [-0.2, 0) is 0 Å². The van der Waals surface area contributed by atoms with Gasteiger partial charge in [-0.2, -0.15) is 0 Å². The van der Waals surface area contributed by atoms with Gasteiger partial charge in [0.1, 0.15) is 13.2 Å². The molecule has 0 aliphatic carbocycles. The summed E-state index contributed by atoms with van der Waals surface area (Å²) in [5.41, 5.74) is 2.18. The molecule has 0 bridgehead atoms. The summed E-state index contributed by atoms with van der Waals surface area (Å²) in [7, 11) is 0. The molecule has 1 aromatic heterocycles. The predicted molar refractivity (Wildman–Crippen MR) is 87.0 cm³/mol. The van der Waals surface area contributed by atoms with E-state index in [9.17, 15) is 0 Å². The van der Waals surface area contributed by atoms with Crippen LogP contribution in [0.15, 0.2) is 47.8 Å². The molecule has 3 aromatic rings. The van der Waals surface area contributed by atoms with Crippen molar-refractivity contribution in [3.63, 3.8) is 0 Å². The van der Waals surface area contributed by atoms with Crippen molar-refractivity contribution in [1.82, 2.24) is 0 Å². The molecule has 0 N–H and O–H groups in total. The molecule has 106 valence electrons. The van der Waals surface area contributed by atoms with Crippen LogP contribution in [0.25, 0.3) is 10.1 Å². The Bertz CT molecular complexity index is 796. The molecule has 1 unspecified atom stereocenters. The standard InChI is InChI=1S/C17H13ClO2S/c18-17(13-10-21-16-4-2-1-3-12(13)16)11-5-6-14-15(9-11)20-8-7-19-14/h1-6,9-10,17H,7-8H2. The molecule has 4 rings (SSSR count). The Balaban J connectivity index is 1.75. The molecule has 1 atom stereocenters. The van der Waals surface area contributed by atoms with E-state index in [0.717, 1.165) is 22.6 Å². The third-order valence-electron chi connectivity index (χ3n) is 3.64. The molecule has 2 nitrogen and oxygen atoms in total. The van der Waals surface area contributed by atoms with Crippen molar-refractivity contribution in [2.24, 2.45) is 0 Å². The maximum Gasteiger partial charge on any atom is 0.161 e. The third-order valence-corrected chi connectivity index (χ3v) is 5.11. The van der Waals surface area contributed by atoms with Crippen LogP contribution in [0.3, 0.4) is 0 Å². The van der Waals surface area contributed by atoms with Gasteiger partial charge in [-0.15, -0.1) is 22.9 Å². The normalized spacial score (nSPS) is 15.1. The van der Waals surface area contributed by atoms with Crippen LogP contribution in [0.1, 0.15) is 16.5 Å². The van der Waals surface area contributed by atoms with Crippen LogP contribution in [0, 0.1) is 0 Å². The van der Waals surface area contributed by atoms with Gasteiger partial charge in [-0.1, -0.05) is 24.3 Å². The highest BCUT2D eigenvalue weighted by Gasteiger charge is 2.19. The fourth-order valence-corrected chi connectivity index (χ4v) is 3.97. The summed E-state index contributed by atoms with van der Waals surface area (Å²) in [6, 6.07) is 14.3. The van der Waals surface area contributed by atoms with Crippen molar-refractivity contribution in [3.8, 4) is 11.5 Å². The van der Waals surface area contributed by atoms with Crippen molar-refractivity contribution in [2.75, 3.05) is 13.2 Å². The molecule has 1 aliphatic rings. The molecule has 0 fully saturated rings. The van der Waals surface area contributed by atoms with E-state index < -0.39 is 0 Å². The molecule has 4 heteroatoms. The van der Waals surface area contributed by atoms with E-state index in [1.807, 2.05) is 24.3 Å². The van der Waals surface area contributed by atoms with Gasteiger partial charge in [0, 0.05) is 4.70 Å². The van der Waals surface area contributed by atoms with Crippen molar-refractivity contribution < 1.29 is 9.47 Å². The summed E-state index contributed by atoms with van der Waals surface area (Å²) in [6.07, 6.45) is 0. The maximum absolute atomic E-state index is 6.70. The first-order valence-electron chi connectivity index (χ1n) is 6.83. The second-order valence-electron chi connectivity index (χ2n) is 4.95. The molecule has 1 aliphatic heterocycles. The molecule has 2 aromatic carbocycles. The topological polar surface area (TPSA) is 18.5 Å². The lowest BCUT2D eigenvalue weighted by molar-refractivity contribution is 0.171. The second-order valence-corrected chi connectivity index (χ2v) is 6.30. The smallest absolute Gasteiger partial charge is 0.161 e. The highest BCUT2D eigenvalue weighted by molar-refractivity contribution is 7.17. The van der Waals surface area contributed by atoms with Crippen LogP contribution in [-0.4, -0.2) is 13.2 Å². The molecule has 0 saturated heterocycles. The van der Waals surface area contributed by atoms with Crippen molar-refractivity contribution in [2.45, 2.75) is 5.38 Å². The number of hydrogen-bond donors (Lipinski definition) is 0. The Morgan fingerprint density at radius 3 is 2.71 bits per heavy atom. The summed E-state index contributed by atoms with van der Waals surface area (Å²) in [4.78, 5) is 0. The quantitative estimate of drug-likeness (QED) is 0.619. The Labute approximate surface area is 131 Å². The number of thiophene rings is 1. The number of ether oxygens (including phenoxy) is 2. The molecule has 0 radical (unpaired) electrons. The number of fused-ring (bicyclic) bond motifs is 2. The van der Waals surface area contributed by atoms with E-state index in [-0.39, 0.29) is 5.38 Å². The van der Waals surface area contributed by atoms with Gasteiger partial charge in [0.2, 0.25) is 0 Å². The van der Waals surface area contributed by atoms with Gasteiger partial charge in [-0.25, -0.2) is 0 Å². The average molecular weight is 317 g/mol. The summed E-state index contributed by atoms with van der Waals surface area (Å²) in [5, 5.41) is 3.17. The minimum Gasteiger partial charge on any atom is -0.486 e. The third kappa shape index (κ3) is 2.27. The van der Waals surface area contributed by atoms with Crippen LogP contribution in [0.5, 0.6) is 11.5 Å².